The molecule has 0 aliphatic carbocycles. The maximum atomic E-state index is 13.0. The summed E-state index contributed by atoms with van der Waals surface area (Å²) < 4.78 is 1.62. The summed E-state index contributed by atoms with van der Waals surface area (Å²) in [5.41, 5.74) is 2.74. The molecule has 0 aliphatic heterocycles. The zero-order chi connectivity index (χ0) is 18.4. The van der Waals surface area contributed by atoms with Crippen molar-refractivity contribution in [1.82, 2.24) is 14.5 Å². The molecule has 0 bridgehead atoms. The highest BCUT2D eigenvalue weighted by Crippen LogP contribution is 2.34. The van der Waals surface area contributed by atoms with E-state index in [1.165, 1.54) is 17.5 Å². The fourth-order valence-corrected chi connectivity index (χ4v) is 4.24. The topological polar surface area (TPSA) is 67.8 Å². The highest BCUT2D eigenvalue weighted by molar-refractivity contribution is 7.22. The maximum absolute atomic E-state index is 13.0. The van der Waals surface area contributed by atoms with Gasteiger partial charge in [-0.3, -0.25) is 9.78 Å². The quantitative estimate of drug-likeness (QED) is 0.567. The van der Waals surface area contributed by atoms with Crippen LogP contribution in [0.25, 0.3) is 26.3 Å². The van der Waals surface area contributed by atoms with Gasteiger partial charge in [0.15, 0.2) is 0 Å². The second-order valence-corrected chi connectivity index (χ2v) is 7.46. The second kappa shape index (κ2) is 6.23. The minimum absolute atomic E-state index is 0.359. The first-order valence-corrected chi connectivity index (χ1v) is 9.12. The summed E-state index contributed by atoms with van der Waals surface area (Å²) in [4.78, 5) is 33.4. The third-order valence-corrected chi connectivity index (χ3v) is 5.88. The molecule has 0 amide bonds. The average molecular weight is 384 g/mol. The lowest BCUT2D eigenvalue weighted by atomic mass is 10.1. The van der Waals surface area contributed by atoms with Crippen molar-refractivity contribution < 1.29 is 0 Å². The van der Waals surface area contributed by atoms with Gasteiger partial charge in [-0.1, -0.05) is 29.8 Å². The SMILES string of the molecule is Cc1cncc(-n2c(=O)[nH]c3cc(-c4ccccc4Cl)sc3c2=O)c1C. The van der Waals surface area contributed by atoms with Crippen molar-refractivity contribution in [2.45, 2.75) is 13.8 Å². The third-order valence-electron chi connectivity index (χ3n) is 4.40. The molecule has 0 aliphatic rings. The molecular weight excluding hydrogens is 370 g/mol. The highest BCUT2D eigenvalue weighted by atomic mass is 35.5. The van der Waals surface area contributed by atoms with Crippen molar-refractivity contribution in [2.75, 3.05) is 0 Å². The average Bonchev–Trinajstić information content (AvgIpc) is 3.03. The lowest BCUT2D eigenvalue weighted by Crippen LogP contribution is -2.33. The van der Waals surface area contributed by atoms with Gasteiger partial charge in [0.05, 0.1) is 17.4 Å². The van der Waals surface area contributed by atoms with Crippen LogP contribution in [-0.4, -0.2) is 14.5 Å². The number of hydrogen-bond acceptors (Lipinski definition) is 4. The number of rotatable bonds is 2. The van der Waals surface area contributed by atoms with E-state index >= 15 is 0 Å². The van der Waals surface area contributed by atoms with Crippen LogP contribution in [0.1, 0.15) is 11.1 Å². The van der Waals surface area contributed by atoms with E-state index < -0.39 is 5.69 Å². The fourth-order valence-electron chi connectivity index (χ4n) is 2.86. The Bertz CT molecular complexity index is 1270. The van der Waals surface area contributed by atoms with Gasteiger partial charge in [-0.25, -0.2) is 9.36 Å². The molecule has 130 valence electrons. The summed E-state index contributed by atoms with van der Waals surface area (Å²) in [5, 5.41) is 0.598. The minimum atomic E-state index is -0.485. The molecule has 0 spiro atoms. The molecule has 0 saturated carbocycles. The lowest BCUT2D eigenvalue weighted by molar-refractivity contribution is 0.885. The van der Waals surface area contributed by atoms with Gasteiger partial charge in [-0.2, -0.15) is 0 Å². The second-order valence-electron chi connectivity index (χ2n) is 6.00. The van der Waals surface area contributed by atoms with Crippen LogP contribution < -0.4 is 11.2 Å². The first-order valence-electron chi connectivity index (χ1n) is 7.92. The first kappa shape index (κ1) is 16.8. The molecule has 0 radical (unpaired) electrons. The van der Waals surface area contributed by atoms with E-state index in [-0.39, 0.29) is 5.56 Å². The Morgan fingerprint density at radius 2 is 1.92 bits per heavy atom. The molecular formula is C19H14ClN3O2S. The van der Waals surface area contributed by atoms with Crippen molar-refractivity contribution in [1.29, 1.82) is 0 Å². The molecule has 5 nitrogen and oxygen atoms in total. The summed E-state index contributed by atoms with van der Waals surface area (Å²) in [6.45, 7) is 3.76. The summed E-state index contributed by atoms with van der Waals surface area (Å²) in [5.74, 6) is 0. The van der Waals surface area contributed by atoms with Crippen LogP contribution in [0.5, 0.6) is 0 Å². The minimum Gasteiger partial charge on any atom is -0.306 e. The molecule has 0 atom stereocenters. The van der Waals surface area contributed by atoms with Crippen molar-refractivity contribution in [3.8, 4) is 16.1 Å². The van der Waals surface area contributed by atoms with Crippen LogP contribution in [-0.2, 0) is 0 Å². The van der Waals surface area contributed by atoms with Gasteiger partial charge in [0.1, 0.15) is 4.70 Å². The van der Waals surface area contributed by atoms with Gasteiger partial charge in [0, 0.05) is 21.7 Å². The normalized spacial score (nSPS) is 11.2. The van der Waals surface area contributed by atoms with Gasteiger partial charge < -0.3 is 4.98 Å². The Hall–Kier alpha value is -2.70. The number of benzene rings is 1. The zero-order valence-electron chi connectivity index (χ0n) is 14.0. The Morgan fingerprint density at radius 3 is 2.69 bits per heavy atom. The molecule has 4 aromatic rings. The van der Waals surface area contributed by atoms with Crippen molar-refractivity contribution in [3.63, 3.8) is 0 Å². The van der Waals surface area contributed by atoms with Gasteiger partial charge >= 0.3 is 5.69 Å². The van der Waals surface area contributed by atoms with Gasteiger partial charge in [-0.05, 0) is 37.1 Å². The molecule has 3 heterocycles. The zero-order valence-corrected chi connectivity index (χ0v) is 15.6. The maximum Gasteiger partial charge on any atom is 0.333 e. The molecule has 1 N–H and O–H groups in total. The number of fused-ring (bicyclic) bond motifs is 1. The fraction of sp³-hybridized carbons (Fsp3) is 0.105. The standard InChI is InChI=1S/C19H14ClN3O2S/c1-10-8-21-9-15(11(10)2)23-18(24)17-14(22-19(23)25)7-16(26-17)12-5-3-4-6-13(12)20/h3-9H,1-2H3,(H,22,25). The monoisotopic (exact) mass is 383 g/mol. The summed E-state index contributed by atoms with van der Waals surface area (Å²) in [6, 6.07) is 9.20. The van der Waals surface area contributed by atoms with Crippen LogP contribution in [0.4, 0.5) is 0 Å². The van der Waals surface area contributed by atoms with E-state index in [1.54, 1.807) is 18.3 Å². The first-order chi connectivity index (χ1) is 12.5. The van der Waals surface area contributed by atoms with Crippen LogP contribution in [0.2, 0.25) is 5.02 Å². The van der Waals surface area contributed by atoms with Crippen LogP contribution in [0.3, 0.4) is 0 Å². The molecule has 26 heavy (non-hydrogen) atoms. The van der Waals surface area contributed by atoms with Gasteiger partial charge in [0.25, 0.3) is 5.56 Å². The molecule has 7 heteroatoms. The Kier molecular flexibility index (Phi) is 4.01. The van der Waals surface area contributed by atoms with Crippen molar-refractivity contribution >= 4 is 33.2 Å². The predicted octanol–water partition coefficient (Wildman–Crippen LogP) is 4.07. The molecule has 3 aromatic heterocycles. The molecule has 0 fully saturated rings. The number of nitrogens with zero attached hydrogens (tertiary/aromatic N) is 2. The van der Waals surface area contributed by atoms with Gasteiger partial charge in [0.2, 0.25) is 0 Å². The lowest BCUT2D eigenvalue weighted by Gasteiger charge is -2.09. The van der Waals surface area contributed by atoms with E-state index in [1.807, 2.05) is 32.0 Å². The van der Waals surface area contributed by atoms with E-state index in [9.17, 15) is 9.59 Å². The molecule has 1 aromatic carbocycles. The Morgan fingerprint density at radius 1 is 1.15 bits per heavy atom. The van der Waals surface area contributed by atoms with Crippen LogP contribution in [0, 0.1) is 13.8 Å². The number of hydrogen-bond donors (Lipinski definition) is 1. The third kappa shape index (κ3) is 2.58. The number of aromatic amines is 1. The number of nitrogens with one attached hydrogen (secondary N) is 1. The number of halogens is 1. The number of thiophene rings is 1. The molecule has 4 rings (SSSR count). The smallest absolute Gasteiger partial charge is 0.306 e. The molecule has 0 saturated heterocycles. The van der Waals surface area contributed by atoms with E-state index in [0.29, 0.717) is 20.9 Å². The van der Waals surface area contributed by atoms with Crippen LogP contribution >= 0.6 is 22.9 Å². The van der Waals surface area contributed by atoms with E-state index in [2.05, 4.69) is 9.97 Å². The summed E-state index contributed by atoms with van der Waals surface area (Å²) in [6.07, 6.45) is 3.24. The summed E-state index contributed by atoms with van der Waals surface area (Å²) >= 11 is 7.58. The number of aromatic nitrogens is 3. The summed E-state index contributed by atoms with van der Waals surface area (Å²) in [7, 11) is 0. The Balaban J connectivity index is 2.01. The largest absolute Gasteiger partial charge is 0.333 e. The van der Waals surface area contributed by atoms with Crippen molar-refractivity contribution in [3.05, 3.63) is 79.7 Å². The van der Waals surface area contributed by atoms with Gasteiger partial charge in [-0.15, -0.1) is 11.3 Å². The number of pyridine rings is 1. The van der Waals surface area contributed by atoms with Crippen LogP contribution in [0.15, 0.2) is 52.3 Å². The Labute approximate surface area is 157 Å². The predicted molar refractivity (Wildman–Crippen MR) is 106 cm³/mol. The van der Waals surface area contributed by atoms with E-state index in [4.69, 9.17) is 11.6 Å². The molecule has 0 unspecified atom stereocenters. The van der Waals surface area contributed by atoms with E-state index in [0.717, 1.165) is 26.1 Å². The number of H-pyrrole nitrogens is 1. The number of aryl methyl sites for hydroxylation is 1. The van der Waals surface area contributed by atoms with Crippen molar-refractivity contribution in [2.24, 2.45) is 0 Å². The highest BCUT2D eigenvalue weighted by Gasteiger charge is 2.16.